The second-order valence-corrected chi connectivity index (χ2v) is 6.96. The molecule has 7 heteroatoms. The first-order chi connectivity index (χ1) is 12.3. The molecule has 7 nitrogen and oxygen atoms in total. The van der Waals surface area contributed by atoms with Gasteiger partial charge in [0, 0.05) is 52.4 Å². The van der Waals surface area contributed by atoms with E-state index in [1.54, 1.807) is 12.1 Å². The van der Waals surface area contributed by atoms with E-state index in [0.717, 1.165) is 44.8 Å². The van der Waals surface area contributed by atoms with Gasteiger partial charge >= 0.3 is 5.97 Å². The minimum atomic E-state index is -0.875. The number of carbonyl (C=O) groups is 1. The fraction of sp³-hybridized carbons (Fsp3) is 0.632. The lowest BCUT2D eigenvalue weighted by Gasteiger charge is -2.18. The molecule has 0 amide bonds. The van der Waals surface area contributed by atoms with Crippen molar-refractivity contribution in [3.63, 3.8) is 0 Å². The molecule has 1 aromatic rings. The molecule has 0 heterocycles. The molecular formula is C19H37N5O2. The lowest BCUT2D eigenvalue weighted by Crippen LogP contribution is -2.35. The summed E-state index contributed by atoms with van der Waals surface area (Å²) in [6, 6.07) is 7.01. The van der Waals surface area contributed by atoms with E-state index in [1.807, 2.05) is 12.1 Å². The zero-order chi connectivity index (χ0) is 19.8. The molecule has 0 atom stereocenters. The van der Waals surface area contributed by atoms with E-state index in [-0.39, 0.29) is 5.41 Å². The van der Waals surface area contributed by atoms with Gasteiger partial charge in [0.05, 0.1) is 5.56 Å². The molecule has 0 saturated heterocycles. The highest BCUT2D eigenvalue weighted by atomic mass is 16.4. The van der Waals surface area contributed by atoms with Gasteiger partial charge in [0.1, 0.15) is 0 Å². The SMILES string of the molecule is CC(C)(C)c1ccc(C(=O)O)cc1.NCCNCCNCCNCCN. The van der Waals surface area contributed by atoms with Crippen LogP contribution in [0.3, 0.4) is 0 Å². The van der Waals surface area contributed by atoms with Crippen molar-refractivity contribution in [1.29, 1.82) is 0 Å². The molecule has 0 unspecified atom stereocenters. The van der Waals surface area contributed by atoms with E-state index < -0.39 is 5.97 Å². The number of carboxylic acids is 1. The summed E-state index contributed by atoms with van der Waals surface area (Å²) in [6.07, 6.45) is 0. The summed E-state index contributed by atoms with van der Waals surface area (Å²) in [4.78, 5) is 10.6. The molecule has 0 aliphatic rings. The van der Waals surface area contributed by atoms with Crippen molar-refractivity contribution in [1.82, 2.24) is 16.0 Å². The third-order valence-corrected chi connectivity index (χ3v) is 3.60. The van der Waals surface area contributed by atoms with Crippen molar-refractivity contribution in [3.8, 4) is 0 Å². The second-order valence-electron chi connectivity index (χ2n) is 6.96. The summed E-state index contributed by atoms with van der Waals surface area (Å²) in [5.74, 6) is -0.875. The molecule has 0 bridgehead atoms. The molecule has 0 aliphatic carbocycles. The Morgan fingerprint density at radius 2 is 1.23 bits per heavy atom. The summed E-state index contributed by atoms with van der Waals surface area (Å²) >= 11 is 0. The van der Waals surface area contributed by atoms with Crippen LogP contribution in [0.2, 0.25) is 0 Å². The highest BCUT2D eigenvalue weighted by Gasteiger charge is 2.13. The number of hydrogen-bond acceptors (Lipinski definition) is 6. The molecule has 8 N–H and O–H groups in total. The van der Waals surface area contributed by atoms with Gasteiger partial charge in [-0.05, 0) is 23.1 Å². The van der Waals surface area contributed by atoms with Crippen LogP contribution >= 0.6 is 0 Å². The highest BCUT2D eigenvalue weighted by Crippen LogP contribution is 2.21. The van der Waals surface area contributed by atoms with Crippen LogP contribution < -0.4 is 27.4 Å². The summed E-state index contributed by atoms with van der Waals surface area (Å²) in [7, 11) is 0. The van der Waals surface area contributed by atoms with E-state index in [0.29, 0.717) is 18.7 Å². The molecule has 0 aliphatic heterocycles. The van der Waals surface area contributed by atoms with Crippen LogP contribution in [0.1, 0.15) is 36.7 Å². The number of rotatable bonds is 11. The minimum absolute atomic E-state index is 0.0804. The van der Waals surface area contributed by atoms with Crippen LogP contribution in [0.4, 0.5) is 0 Å². The van der Waals surface area contributed by atoms with Crippen LogP contribution in [0.5, 0.6) is 0 Å². The Morgan fingerprint density at radius 3 is 1.54 bits per heavy atom. The topological polar surface area (TPSA) is 125 Å². The number of carboxylic acid groups (broad SMARTS) is 1. The molecule has 0 spiro atoms. The van der Waals surface area contributed by atoms with Gasteiger partial charge in [0.15, 0.2) is 0 Å². The van der Waals surface area contributed by atoms with Crippen LogP contribution in [0.15, 0.2) is 24.3 Å². The summed E-state index contributed by atoms with van der Waals surface area (Å²) < 4.78 is 0. The van der Waals surface area contributed by atoms with Crippen molar-refractivity contribution >= 4 is 5.97 Å². The van der Waals surface area contributed by atoms with Gasteiger partial charge in [0.25, 0.3) is 0 Å². The van der Waals surface area contributed by atoms with Gasteiger partial charge in [-0.25, -0.2) is 4.79 Å². The van der Waals surface area contributed by atoms with Crippen molar-refractivity contribution in [2.45, 2.75) is 26.2 Å². The predicted octanol–water partition coefficient (Wildman–Crippen LogP) is 0.355. The van der Waals surface area contributed by atoms with Crippen LogP contribution in [0, 0.1) is 0 Å². The monoisotopic (exact) mass is 367 g/mol. The maximum absolute atomic E-state index is 10.6. The fourth-order valence-corrected chi connectivity index (χ4v) is 2.05. The average Bonchev–Trinajstić information content (AvgIpc) is 2.60. The first-order valence-corrected chi connectivity index (χ1v) is 9.19. The Kier molecular flexibility index (Phi) is 13.8. The van der Waals surface area contributed by atoms with E-state index in [9.17, 15) is 4.79 Å². The number of nitrogens with two attached hydrogens (primary N) is 2. The van der Waals surface area contributed by atoms with Gasteiger partial charge in [-0.3, -0.25) is 0 Å². The van der Waals surface area contributed by atoms with Crippen molar-refractivity contribution in [3.05, 3.63) is 35.4 Å². The third kappa shape index (κ3) is 12.8. The molecule has 26 heavy (non-hydrogen) atoms. The summed E-state index contributed by atoms with van der Waals surface area (Å²) in [6.45, 7) is 13.4. The second kappa shape index (κ2) is 14.6. The fourth-order valence-electron chi connectivity index (χ4n) is 2.05. The zero-order valence-corrected chi connectivity index (χ0v) is 16.5. The summed E-state index contributed by atoms with van der Waals surface area (Å²) in [5, 5.41) is 18.4. The van der Waals surface area contributed by atoms with Crippen LogP contribution in [-0.4, -0.2) is 63.4 Å². The lowest BCUT2D eigenvalue weighted by molar-refractivity contribution is 0.0697. The van der Waals surface area contributed by atoms with Gasteiger partial charge < -0.3 is 32.5 Å². The van der Waals surface area contributed by atoms with Crippen LogP contribution in [-0.2, 0) is 5.41 Å². The Labute approximate surface area is 157 Å². The Bertz CT molecular complexity index is 462. The molecular weight excluding hydrogens is 330 g/mol. The van der Waals surface area contributed by atoms with Crippen molar-refractivity contribution in [2.24, 2.45) is 11.5 Å². The maximum atomic E-state index is 10.6. The number of hydrogen-bond donors (Lipinski definition) is 6. The zero-order valence-electron chi connectivity index (χ0n) is 16.5. The van der Waals surface area contributed by atoms with Gasteiger partial charge in [-0.1, -0.05) is 32.9 Å². The normalized spacial score (nSPS) is 11.0. The number of aromatic carboxylic acids is 1. The lowest BCUT2D eigenvalue weighted by atomic mass is 9.87. The van der Waals surface area contributed by atoms with Crippen molar-refractivity contribution in [2.75, 3.05) is 52.4 Å². The van der Waals surface area contributed by atoms with Gasteiger partial charge in [-0.15, -0.1) is 0 Å². The van der Waals surface area contributed by atoms with Gasteiger partial charge in [-0.2, -0.15) is 0 Å². The number of nitrogens with one attached hydrogen (secondary N) is 3. The van der Waals surface area contributed by atoms with Crippen molar-refractivity contribution < 1.29 is 9.90 Å². The van der Waals surface area contributed by atoms with E-state index in [4.69, 9.17) is 16.6 Å². The quantitative estimate of drug-likeness (QED) is 0.312. The highest BCUT2D eigenvalue weighted by molar-refractivity contribution is 5.87. The predicted molar refractivity (Wildman–Crippen MR) is 109 cm³/mol. The molecule has 1 aromatic carbocycles. The molecule has 150 valence electrons. The molecule has 0 fully saturated rings. The Morgan fingerprint density at radius 1 is 0.846 bits per heavy atom. The van der Waals surface area contributed by atoms with E-state index in [2.05, 4.69) is 36.7 Å². The standard InChI is InChI=1S/C11H14O2.C8H23N5/c1-11(2,3)9-6-4-8(5-7-9)10(12)13;9-1-3-11-5-7-13-8-6-12-4-2-10/h4-7H,1-3H3,(H,12,13);11-13H,1-10H2. The molecule has 1 rings (SSSR count). The minimum Gasteiger partial charge on any atom is -0.478 e. The number of benzene rings is 1. The Balaban J connectivity index is 0.000000481. The maximum Gasteiger partial charge on any atom is 0.335 e. The van der Waals surface area contributed by atoms with E-state index >= 15 is 0 Å². The van der Waals surface area contributed by atoms with Crippen LogP contribution in [0.25, 0.3) is 0 Å². The Hall–Kier alpha value is -1.51. The smallest absolute Gasteiger partial charge is 0.335 e. The molecule has 0 aromatic heterocycles. The third-order valence-electron chi connectivity index (χ3n) is 3.60. The molecule has 0 saturated carbocycles. The van der Waals surface area contributed by atoms with E-state index in [1.165, 1.54) is 0 Å². The first kappa shape index (κ1) is 24.5. The first-order valence-electron chi connectivity index (χ1n) is 9.19. The largest absolute Gasteiger partial charge is 0.478 e. The summed E-state index contributed by atoms with van der Waals surface area (Å²) in [5.41, 5.74) is 12.2. The average molecular weight is 368 g/mol. The van der Waals surface area contributed by atoms with Gasteiger partial charge in [0.2, 0.25) is 0 Å². The molecule has 0 radical (unpaired) electrons.